The molecule has 2 aliphatic carbocycles. The van der Waals surface area contributed by atoms with Crippen LogP contribution < -0.4 is 5.32 Å². The molecule has 6 nitrogen and oxygen atoms in total. The zero-order chi connectivity index (χ0) is 17.1. The summed E-state index contributed by atoms with van der Waals surface area (Å²) in [6.45, 7) is 7.41. The number of amides is 1. The van der Waals surface area contributed by atoms with E-state index in [0.29, 0.717) is 0 Å². The van der Waals surface area contributed by atoms with Crippen molar-refractivity contribution in [1.29, 1.82) is 0 Å². The van der Waals surface area contributed by atoms with E-state index in [1.165, 1.54) is 25.7 Å². The largest absolute Gasteiger partial charge is 0.357 e. The van der Waals surface area contributed by atoms with Gasteiger partial charge in [0.25, 0.3) is 0 Å². The molecular weight excluding hydrogens is 429 g/mol. The molecule has 144 valence electrons. The van der Waals surface area contributed by atoms with Gasteiger partial charge in [0, 0.05) is 52.9 Å². The zero-order valence-corrected chi connectivity index (χ0v) is 18.2. The summed E-state index contributed by atoms with van der Waals surface area (Å²) in [6, 6.07) is 0.834. The Morgan fingerprint density at radius 2 is 1.88 bits per heavy atom. The molecule has 2 bridgehead atoms. The Hall–Kier alpha value is -0.570. The number of nitrogens with one attached hydrogen (secondary N) is 1. The van der Waals surface area contributed by atoms with Crippen LogP contribution in [-0.4, -0.2) is 86.0 Å². The van der Waals surface area contributed by atoms with E-state index in [1.807, 2.05) is 0 Å². The van der Waals surface area contributed by atoms with Crippen molar-refractivity contribution in [2.24, 2.45) is 16.8 Å². The number of hydrogen-bond acceptors (Lipinski definition) is 3. The summed E-state index contributed by atoms with van der Waals surface area (Å²) >= 11 is 0. The fraction of sp³-hybridized carbons (Fsp3) is 0.889. The van der Waals surface area contributed by atoms with Crippen LogP contribution in [0.3, 0.4) is 0 Å². The number of likely N-dealkylation sites (N-methyl/N-ethyl adjacent to an activating group) is 1. The number of hydrogen-bond donors (Lipinski definition) is 1. The van der Waals surface area contributed by atoms with Crippen molar-refractivity contribution in [2.45, 2.75) is 38.6 Å². The summed E-state index contributed by atoms with van der Waals surface area (Å²) < 4.78 is 0. The molecule has 0 aromatic rings. The minimum Gasteiger partial charge on any atom is -0.357 e. The molecule has 3 aliphatic rings. The summed E-state index contributed by atoms with van der Waals surface area (Å²) in [5, 5.41) is 3.34. The Bertz CT molecular complexity index is 476. The number of nitrogens with zero attached hydrogens (tertiary/aromatic N) is 4. The van der Waals surface area contributed by atoms with E-state index in [2.05, 4.69) is 27.0 Å². The number of rotatable bonds is 4. The predicted octanol–water partition coefficient (Wildman–Crippen LogP) is 1.46. The third kappa shape index (κ3) is 4.99. The summed E-state index contributed by atoms with van der Waals surface area (Å²) in [6.07, 6.45) is 5.82. The standard InChI is InChI=1S/C18H33N5O.HI/c1-4-19-18(20-13-17(24)21(2)3)23-9-7-22(8-10-23)16-12-14-5-6-15(16)11-14;/h14-16H,4-13H2,1-3H3,(H,19,20);1H. The molecule has 1 aliphatic heterocycles. The number of aliphatic imine (C=N–C) groups is 1. The van der Waals surface area contributed by atoms with Gasteiger partial charge < -0.3 is 15.1 Å². The van der Waals surface area contributed by atoms with Gasteiger partial charge in [-0.2, -0.15) is 0 Å². The van der Waals surface area contributed by atoms with E-state index in [9.17, 15) is 4.79 Å². The fourth-order valence-electron chi connectivity index (χ4n) is 4.63. The fourth-order valence-corrected chi connectivity index (χ4v) is 4.63. The number of piperazine rings is 1. The second kappa shape index (κ2) is 9.39. The van der Waals surface area contributed by atoms with Crippen LogP contribution in [-0.2, 0) is 4.79 Å². The highest BCUT2D eigenvalue weighted by Gasteiger charge is 2.42. The number of halogens is 1. The molecule has 1 saturated heterocycles. The monoisotopic (exact) mass is 463 g/mol. The molecule has 3 rings (SSSR count). The van der Waals surface area contributed by atoms with Crippen molar-refractivity contribution < 1.29 is 4.79 Å². The molecule has 0 spiro atoms. The Balaban J connectivity index is 0.00000225. The minimum absolute atomic E-state index is 0. The molecule has 0 aromatic carbocycles. The van der Waals surface area contributed by atoms with Crippen LogP contribution in [0.4, 0.5) is 0 Å². The molecule has 1 amide bonds. The van der Waals surface area contributed by atoms with Crippen molar-refractivity contribution >= 4 is 35.8 Å². The molecule has 3 unspecified atom stereocenters. The van der Waals surface area contributed by atoms with Gasteiger partial charge in [-0.1, -0.05) is 6.42 Å². The van der Waals surface area contributed by atoms with Crippen LogP contribution in [0.15, 0.2) is 4.99 Å². The second-order valence-corrected chi connectivity index (χ2v) is 7.72. The lowest BCUT2D eigenvalue weighted by Gasteiger charge is -2.42. The second-order valence-electron chi connectivity index (χ2n) is 7.72. The maximum atomic E-state index is 11.8. The molecule has 2 saturated carbocycles. The highest BCUT2D eigenvalue weighted by atomic mass is 127. The summed E-state index contributed by atoms with van der Waals surface area (Å²) in [5.74, 6) is 2.90. The average molecular weight is 463 g/mol. The number of guanidine groups is 1. The summed E-state index contributed by atoms with van der Waals surface area (Å²) in [7, 11) is 3.55. The van der Waals surface area contributed by atoms with Crippen molar-refractivity contribution in [3.8, 4) is 0 Å². The lowest BCUT2D eigenvalue weighted by Crippen LogP contribution is -2.55. The maximum absolute atomic E-state index is 11.8. The molecule has 7 heteroatoms. The smallest absolute Gasteiger partial charge is 0.243 e. The van der Waals surface area contributed by atoms with E-state index in [0.717, 1.165) is 56.6 Å². The molecule has 25 heavy (non-hydrogen) atoms. The van der Waals surface area contributed by atoms with Crippen LogP contribution in [0, 0.1) is 11.8 Å². The topological polar surface area (TPSA) is 51.2 Å². The maximum Gasteiger partial charge on any atom is 0.243 e. The van der Waals surface area contributed by atoms with Crippen LogP contribution in [0.2, 0.25) is 0 Å². The highest BCUT2D eigenvalue weighted by molar-refractivity contribution is 14.0. The van der Waals surface area contributed by atoms with Gasteiger partial charge in [0.05, 0.1) is 0 Å². The zero-order valence-electron chi connectivity index (χ0n) is 15.9. The van der Waals surface area contributed by atoms with Gasteiger partial charge in [-0.15, -0.1) is 24.0 Å². The van der Waals surface area contributed by atoms with Gasteiger partial charge in [-0.05, 0) is 38.0 Å². The van der Waals surface area contributed by atoms with Crippen LogP contribution in [0.1, 0.15) is 32.6 Å². The first-order chi connectivity index (χ1) is 11.6. The van der Waals surface area contributed by atoms with E-state index in [1.54, 1.807) is 19.0 Å². The average Bonchev–Trinajstić information content (AvgIpc) is 3.21. The Morgan fingerprint density at radius 3 is 2.40 bits per heavy atom. The highest BCUT2D eigenvalue weighted by Crippen LogP contribution is 2.46. The molecular formula is C18H34IN5O. The van der Waals surface area contributed by atoms with Gasteiger partial charge in [-0.25, -0.2) is 4.99 Å². The van der Waals surface area contributed by atoms with Crippen molar-refractivity contribution in [3.63, 3.8) is 0 Å². The summed E-state index contributed by atoms with van der Waals surface area (Å²) in [5.41, 5.74) is 0. The first-order valence-corrected chi connectivity index (χ1v) is 9.56. The van der Waals surface area contributed by atoms with Crippen molar-refractivity contribution in [3.05, 3.63) is 0 Å². The van der Waals surface area contributed by atoms with Gasteiger partial charge in [0.15, 0.2) is 5.96 Å². The van der Waals surface area contributed by atoms with E-state index in [4.69, 9.17) is 0 Å². The third-order valence-corrected chi connectivity index (χ3v) is 5.98. The van der Waals surface area contributed by atoms with Gasteiger partial charge in [0.1, 0.15) is 6.54 Å². The number of carbonyl (C=O) groups excluding carboxylic acids is 1. The Labute approximate surface area is 169 Å². The van der Waals surface area contributed by atoms with Crippen LogP contribution >= 0.6 is 24.0 Å². The Morgan fingerprint density at radius 1 is 1.16 bits per heavy atom. The lowest BCUT2D eigenvalue weighted by atomic mass is 9.93. The lowest BCUT2D eigenvalue weighted by molar-refractivity contribution is -0.127. The number of carbonyl (C=O) groups is 1. The van der Waals surface area contributed by atoms with Crippen molar-refractivity contribution in [1.82, 2.24) is 20.0 Å². The van der Waals surface area contributed by atoms with Crippen LogP contribution in [0.25, 0.3) is 0 Å². The first kappa shape index (κ1) is 20.7. The van der Waals surface area contributed by atoms with Crippen molar-refractivity contribution in [2.75, 3.05) is 53.4 Å². The molecule has 0 aromatic heterocycles. The molecule has 0 radical (unpaired) electrons. The Kier molecular flexibility index (Phi) is 7.79. The SMILES string of the molecule is CCNC(=NCC(=O)N(C)C)N1CCN(C2CC3CCC2C3)CC1.I. The molecule has 3 atom stereocenters. The number of fused-ring (bicyclic) bond motifs is 2. The predicted molar refractivity (Wildman–Crippen MR) is 112 cm³/mol. The van der Waals surface area contributed by atoms with Gasteiger partial charge >= 0.3 is 0 Å². The molecule has 1 heterocycles. The normalized spacial score (nSPS) is 29.5. The van der Waals surface area contributed by atoms with E-state index >= 15 is 0 Å². The van der Waals surface area contributed by atoms with Gasteiger partial charge in [-0.3, -0.25) is 9.69 Å². The quantitative estimate of drug-likeness (QED) is 0.390. The third-order valence-electron chi connectivity index (χ3n) is 5.98. The first-order valence-electron chi connectivity index (χ1n) is 9.56. The van der Waals surface area contributed by atoms with Gasteiger partial charge in [0.2, 0.25) is 5.91 Å². The van der Waals surface area contributed by atoms with E-state index < -0.39 is 0 Å². The minimum atomic E-state index is 0. The summed E-state index contributed by atoms with van der Waals surface area (Å²) in [4.78, 5) is 23.0. The molecule has 1 N–H and O–H groups in total. The van der Waals surface area contributed by atoms with Crippen LogP contribution in [0.5, 0.6) is 0 Å². The molecule has 3 fully saturated rings. The van der Waals surface area contributed by atoms with E-state index in [-0.39, 0.29) is 36.4 Å².